The van der Waals surface area contributed by atoms with Crippen molar-refractivity contribution in [2.45, 2.75) is 56.7 Å². The van der Waals surface area contributed by atoms with Gasteiger partial charge in [0.05, 0.1) is 24.4 Å². The van der Waals surface area contributed by atoms with Crippen LogP contribution in [-0.4, -0.2) is 78.7 Å². The molecule has 1 aromatic heterocycles. The summed E-state index contributed by atoms with van der Waals surface area (Å²) in [5.74, 6) is -0.0629. The fourth-order valence-electron chi connectivity index (χ4n) is 6.51. The number of anilines is 1. The number of piperidine rings is 1. The molecule has 0 radical (unpaired) electrons. The number of aromatic amines is 1. The summed E-state index contributed by atoms with van der Waals surface area (Å²) in [6.07, 6.45) is 6.22. The Morgan fingerprint density at radius 2 is 1.76 bits per heavy atom. The van der Waals surface area contributed by atoms with Crippen molar-refractivity contribution in [1.82, 2.24) is 20.4 Å². The Hall–Kier alpha value is -2.97. The molecule has 7 nitrogen and oxygen atoms in total. The standard InChI is InChI=1S/C30H38FN5O2/c31-24-10-14-36(15-11-24)30(12-2-1-3-13-30)21-32-29(37)23-6-9-27-26(20-23)28(34-33-27)22-4-7-25(8-5-22)35-16-18-38-19-17-35/h4-9,20,24H,1-3,10-19,21H2,(H,32,37)(H,33,34). The number of nitrogens with one attached hydrogen (secondary N) is 2. The first kappa shape index (κ1) is 25.3. The number of alkyl halides is 1. The molecule has 1 amide bonds. The molecule has 2 saturated heterocycles. The Labute approximate surface area is 223 Å². The monoisotopic (exact) mass is 519 g/mol. The SMILES string of the molecule is O=C(NCC1(N2CCC(F)CC2)CCCCC1)c1ccc2[nH]nc(-c3ccc(N4CCOCC4)cc3)c2c1. The summed E-state index contributed by atoms with van der Waals surface area (Å²) in [6, 6.07) is 14.2. The predicted octanol–water partition coefficient (Wildman–Crippen LogP) is 4.93. The number of hydrogen-bond acceptors (Lipinski definition) is 5. The minimum atomic E-state index is -0.687. The van der Waals surface area contributed by atoms with Crippen molar-refractivity contribution in [2.75, 3.05) is 50.8 Å². The average Bonchev–Trinajstić information content (AvgIpc) is 3.41. The van der Waals surface area contributed by atoms with Gasteiger partial charge in [-0.1, -0.05) is 31.4 Å². The summed E-state index contributed by atoms with van der Waals surface area (Å²) in [4.78, 5) is 18.2. The number of morpholine rings is 1. The van der Waals surface area contributed by atoms with Gasteiger partial charge < -0.3 is 15.0 Å². The van der Waals surface area contributed by atoms with Gasteiger partial charge >= 0.3 is 0 Å². The lowest BCUT2D eigenvalue weighted by atomic mass is 9.79. The molecule has 2 aliphatic heterocycles. The third-order valence-corrected chi connectivity index (χ3v) is 8.80. The highest BCUT2D eigenvalue weighted by molar-refractivity contribution is 6.01. The van der Waals surface area contributed by atoms with Crippen LogP contribution >= 0.6 is 0 Å². The molecule has 38 heavy (non-hydrogen) atoms. The first-order chi connectivity index (χ1) is 18.6. The Kier molecular flexibility index (Phi) is 7.34. The third-order valence-electron chi connectivity index (χ3n) is 8.80. The van der Waals surface area contributed by atoms with Gasteiger partial charge in [-0.3, -0.25) is 14.8 Å². The molecule has 0 spiro atoms. The lowest BCUT2D eigenvalue weighted by molar-refractivity contribution is 0.0146. The van der Waals surface area contributed by atoms with Crippen LogP contribution in [0.1, 0.15) is 55.3 Å². The molecule has 3 fully saturated rings. The minimum Gasteiger partial charge on any atom is -0.378 e. The zero-order valence-corrected chi connectivity index (χ0v) is 22.1. The maximum atomic E-state index is 13.8. The van der Waals surface area contributed by atoms with Crippen molar-refractivity contribution in [2.24, 2.45) is 0 Å². The zero-order valence-electron chi connectivity index (χ0n) is 22.1. The number of aromatic nitrogens is 2. The summed E-state index contributed by atoms with van der Waals surface area (Å²) in [5, 5.41) is 11.9. The average molecular weight is 520 g/mol. The van der Waals surface area contributed by atoms with Crippen molar-refractivity contribution in [1.29, 1.82) is 0 Å². The number of ether oxygens (including phenoxy) is 1. The molecule has 2 aromatic carbocycles. The fourth-order valence-corrected chi connectivity index (χ4v) is 6.51. The van der Waals surface area contributed by atoms with Gasteiger partial charge in [0.1, 0.15) is 6.17 Å². The summed E-state index contributed by atoms with van der Waals surface area (Å²) in [5.41, 5.74) is 4.54. The highest BCUT2D eigenvalue weighted by Gasteiger charge is 2.39. The van der Waals surface area contributed by atoms with E-state index in [1.807, 2.05) is 18.2 Å². The normalized spacial score (nSPS) is 21.0. The number of carbonyl (C=O) groups is 1. The van der Waals surface area contributed by atoms with E-state index >= 15 is 0 Å². The Bertz CT molecular complexity index is 1240. The number of halogens is 1. The van der Waals surface area contributed by atoms with Crippen molar-refractivity contribution >= 4 is 22.5 Å². The van der Waals surface area contributed by atoms with Crippen molar-refractivity contribution in [3.05, 3.63) is 48.0 Å². The topological polar surface area (TPSA) is 73.5 Å². The van der Waals surface area contributed by atoms with Crippen LogP contribution in [0.4, 0.5) is 10.1 Å². The Morgan fingerprint density at radius 1 is 1.03 bits per heavy atom. The second-order valence-electron chi connectivity index (χ2n) is 11.1. The van der Waals surface area contributed by atoms with Crippen LogP contribution in [0.2, 0.25) is 0 Å². The molecule has 3 aliphatic rings. The quantitative estimate of drug-likeness (QED) is 0.483. The largest absolute Gasteiger partial charge is 0.378 e. The fraction of sp³-hybridized carbons (Fsp3) is 0.533. The second kappa shape index (κ2) is 11.0. The van der Waals surface area contributed by atoms with Gasteiger partial charge in [-0.05, 0) is 56.0 Å². The molecule has 6 rings (SSSR count). The molecule has 202 valence electrons. The van der Waals surface area contributed by atoms with Gasteiger partial charge in [0.2, 0.25) is 0 Å². The van der Waals surface area contributed by atoms with Crippen LogP contribution in [0, 0.1) is 0 Å². The molecule has 0 atom stereocenters. The summed E-state index contributed by atoms with van der Waals surface area (Å²) in [6.45, 7) is 5.50. The first-order valence-electron chi connectivity index (χ1n) is 14.2. The smallest absolute Gasteiger partial charge is 0.251 e. The van der Waals surface area contributed by atoms with Crippen LogP contribution in [0.25, 0.3) is 22.2 Å². The van der Waals surface area contributed by atoms with E-state index in [2.05, 4.69) is 49.6 Å². The summed E-state index contributed by atoms with van der Waals surface area (Å²) < 4.78 is 19.3. The molecule has 3 heterocycles. The van der Waals surface area contributed by atoms with E-state index in [1.54, 1.807) is 0 Å². The molecule has 2 N–H and O–H groups in total. The van der Waals surface area contributed by atoms with Crippen LogP contribution in [0.3, 0.4) is 0 Å². The van der Waals surface area contributed by atoms with E-state index in [9.17, 15) is 9.18 Å². The molecule has 8 heteroatoms. The molecular weight excluding hydrogens is 481 g/mol. The van der Waals surface area contributed by atoms with Crippen molar-refractivity contribution in [3.8, 4) is 11.3 Å². The number of fused-ring (bicyclic) bond motifs is 1. The predicted molar refractivity (Wildman–Crippen MR) is 148 cm³/mol. The maximum absolute atomic E-state index is 13.8. The molecular formula is C30H38FN5O2. The van der Waals surface area contributed by atoms with Crippen LogP contribution < -0.4 is 10.2 Å². The van der Waals surface area contributed by atoms with Gasteiger partial charge in [0.15, 0.2) is 0 Å². The van der Waals surface area contributed by atoms with E-state index in [0.29, 0.717) is 24.9 Å². The lowest BCUT2D eigenvalue weighted by Crippen LogP contribution is -2.58. The molecule has 1 aliphatic carbocycles. The number of H-pyrrole nitrogens is 1. The number of rotatable bonds is 6. The van der Waals surface area contributed by atoms with Crippen LogP contribution in [0.15, 0.2) is 42.5 Å². The van der Waals surface area contributed by atoms with Crippen LogP contribution in [0.5, 0.6) is 0 Å². The van der Waals surface area contributed by atoms with Gasteiger partial charge in [-0.15, -0.1) is 0 Å². The van der Waals surface area contributed by atoms with E-state index < -0.39 is 6.17 Å². The van der Waals surface area contributed by atoms with Gasteiger partial charge in [0.25, 0.3) is 5.91 Å². The van der Waals surface area contributed by atoms with E-state index in [-0.39, 0.29) is 11.4 Å². The van der Waals surface area contributed by atoms with Crippen LogP contribution in [-0.2, 0) is 4.74 Å². The summed E-state index contributed by atoms with van der Waals surface area (Å²) in [7, 11) is 0. The maximum Gasteiger partial charge on any atom is 0.251 e. The highest BCUT2D eigenvalue weighted by Crippen LogP contribution is 2.36. The molecule has 0 unspecified atom stereocenters. The van der Waals surface area contributed by atoms with Crippen molar-refractivity contribution < 1.29 is 13.9 Å². The van der Waals surface area contributed by atoms with Gasteiger partial charge in [0, 0.05) is 60.5 Å². The molecule has 1 saturated carbocycles. The number of carbonyl (C=O) groups excluding carboxylic acids is 1. The number of benzene rings is 2. The third kappa shape index (κ3) is 5.16. The minimum absolute atomic E-state index is 0.0544. The first-order valence-corrected chi connectivity index (χ1v) is 14.2. The molecule has 3 aromatic rings. The van der Waals surface area contributed by atoms with E-state index in [0.717, 1.165) is 74.4 Å². The number of likely N-dealkylation sites (tertiary alicyclic amines) is 1. The Morgan fingerprint density at radius 3 is 2.50 bits per heavy atom. The Balaban J connectivity index is 1.18. The number of amides is 1. The van der Waals surface area contributed by atoms with E-state index in [1.165, 1.54) is 24.9 Å². The van der Waals surface area contributed by atoms with Gasteiger partial charge in [-0.2, -0.15) is 5.10 Å². The number of nitrogens with zero attached hydrogens (tertiary/aromatic N) is 3. The zero-order chi connectivity index (χ0) is 26.0. The van der Waals surface area contributed by atoms with Crippen molar-refractivity contribution in [3.63, 3.8) is 0 Å². The van der Waals surface area contributed by atoms with Gasteiger partial charge in [-0.25, -0.2) is 4.39 Å². The molecule has 0 bridgehead atoms. The van der Waals surface area contributed by atoms with E-state index in [4.69, 9.17) is 4.74 Å². The second-order valence-corrected chi connectivity index (χ2v) is 11.1. The summed E-state index contributed by atoms with van der Waals surface area (Å²) >= 11 is 0. The highest BCUT2D eigenvalue weighted by atomic mass is 19.1. The number of hydrogen-bond donors (Lipinski definition) is 2. The lowest BCUT2D eigenvalue weighted by Gasteiger charge is -2.48.